The van der Waals surface area contributed by atoms with Crippen LogP contribution in [0, 0.1) is 0 Å². The molecular weight excluding hydrogens is 234 g/mol. The topological polar surface area (TPSA) is 62.1 Å². The number of nitrogens with two attached hydrogens (primary N) is 1. The summed E-state index contributed by atoms with van der Waals surface area (Å²) in [6, 6.07) is 5.70. The lowest BCUT2D eigenvalue weighted by Crippen LogP contribution is -2.42. The molecule has 4 nitrogen and oxygen atoms in total. The fraction of sp³-hybridized carbons (Fsp3) is 0.250. The molecule has 5 heteroatoms. The van der Waals surface area contributed by atoms with Gasteiger partial charge in [0.1, 0.15) is 0 Å². The Morgan fingerprint density at radius 2 is 2.35 bits per heavy atom. The van der Waals surface area contributed by atoms with Crippen LogP contribution in [-0.4, -0.2) is 29.7 Å². The number of carbonyl (C=O) groups excluding carboxylic acids is 1. The van der Waals surface area contributed by atoms with Crippen molar-refractivity contribution >= 4 is 34.3 Å². The van der Waals surface area contributed by atoms with Gasteiger partial charge in [0, 0.05) is 34.8 Å². The zero-order valence-electron chi connectivity index (χ0n) is 9.43. The molecule has 0 saturated heterocycles. The second-order valence-electron chi connectivity index (χ2n) is 4.20. The highest BCUT2D eigenvalue weighted by Gasteiger charge is 2.26. The molecule has 1 aliphatic rings. The Kier molecular flexibility index (Phi) is 2.38. The van der Waals surface area contributed by atoms with Crippen LogP contribution in [0.1, 0.15) is 0 Å². The third kappa shape index (κ3) is 1.62. The molecular formula is C12H13N3OS. The lowest BCUT2D eigenvalue weighted by Gasteiger charge is -2.18. The standard InChI is InChI=1S/C12H13N3OS/c1-15-10-4-7-2-3-14-9(7)5-11(10)17-6-8(13)12(15)16/h2-5,8,14H,6,13H2,1H3/t8-/m0/s1. The molecule has 1 atom stereocenters. The lowest BCUT2D eigenvalue weighted by molar-refractivity contribution is -0.119. The van der Waals surface area contributed by atoms with Crippen LogP contribution in [-0.2, 0) is 4.79 Å². The summed E-state index contributed by atoms with van der Waals surface area (Å²) < 4.78 is 0. The minimum atomic E-state index is -0.421. The van der Waals surface area contributed by atoms with Gasteiger partial charge in [0.25, 0.3) is 0 Å². The molecule has 1 aromatic heterocycles. The van der Waals surface area contributed by atoms with Gasteiger partial charge in [0.05, 0.1) is 11.7 Å². The van der Waals surface area contributed by atoms with Crippen LogP contribution in [0.4, 0.5) is 5.69 Å². The summed E-state index contributed by atoms with van der Waals surface area (Å²) in [7, 11) is 1.78. The summed E-state index contributed by atoms with van der Waals surface area (Å²) in [6.45, 7) is 0. The molecule has 1 aliphatic heterocycles. The summed E-state index contributed by atoms with van der Waals surface area (Å²) in [5.74, 6) is 0.605. The molecule has 1 aromatic carbocycles. The fourth-order valence-electron chi connectivity index (χ4n) is 2.06. The van der Waals surface area contributed by atoms with E-state index in [2.05, 4.69) is 11.1 Å². The van der Waals surface area contributed by atoms with E-state index in [1.54, 1.807) is 23.7 Å². The minimum absolute atomic E-state index is 0.0221. The number of thioether (sulfide) groups is 1. The first-order valence-corrected chi connectivity index (χ1v) is 6.42. The highest BCUT2D eigenvalue weighted by Crippen LogP contribution is 2.36. The van der Waals surface area contributed by atoms with Crippen molar-refractivity contribution in [2.75, 3.05) is 17.7 Å². The number of fused-ring (bicyclic) bond motifs is 2. The van der Waals surface area contributed by atoms with E-state index in [0.717, 1.165) is 21.5 Å². The van der Waals surface area contributed by atoms with Crippen LogP contribution < -0.4 is 10.6 Å². The number of amides is 1. The van der Waals surface area contributed by atoms with E-state index in [9.17, 15) is 4.79 Å². The summed E-state index contributed by atoms with van der Waals surface area (Å²) >= 11 is 1.64. The molecule has 3 rings (SSSR count). The third-order valence-electron chi connectivity index (χ3n) is 3.06. The summed E-state index contributed by atoms with van der Waals surface area (Å²) in [5, 5.41) is 1.11. The smallest absolute Gasteiger partial charge is 0.244 e. The highest BCUT2D eigenvalue weighted by molar-refractivity contribution is 7.99. The van der Waals surface area contributed by atoms with Crippen LogP contribution in [0.3, 0.4) is 0 Å². The molecule has 0 fully saturated rings. The molecule has 1 amide bonds. The molecule has 0 saturated carbocycles. The molecule has 0 aliphatic carbocycles. The van der Waals surface area contributed by atoms with Gasteiger partial charge < -0.3 is 15.6 Å². The lowest BCUT2D eigenvalue weighted by atomic mass is 10.2. The van der Waals surface area contributed by atoms with Crippen LogP contribution in [0.25, 0.3) is 10.9 Å². The van der Waals surface area contributed by atoms with E-state index in [1.807, 2.05) is 18.3 Å². The highest BCUT2D eigenvalue weighted by atomic mass is 32.2. The van der Waals surface area contributed by atoms with Crippen molar-refractivity contribution < 1.29 is 4.79 Å². The third-order valence-corrected chi connectivity index (χ3v) is 4.22. The number of nitrogens with zero attached hydrogens (tertiary/aromatic N) is 1. The number of carbonyl (C=O) groups is 1. The van der Waals surface area contributed by atoms with Gasteiger partial charge in [-0.05, 0) is 18.2 Å². The van der Waals surface area contributed by atoms with E-state index >= 15 is 0 Å². The Morgan fingerprint density at radius 3 is 3.18 bits per heavy atom. The van der Waals surface area contributed by atoms with Crippen molar-refractivity contribution in [3.63, 3.8) is 0 Å². The maximum Gasteiger partial charge on any atom is 0.244 e. The average Bonchev–Trinajstić information content (AvgIpc) is 2.76. The maximum atomic E-state index is 12.0. The number of aromatic nitrogens is 1. The SMILES string of the molecule is CN1C(=O)[C@@H](N)CSc2cc3[nH]ccc3cc21. The van der Waals surface area contributed by atoms with Gasteiger partial charge in [-0.1, -0.05) is 0 Å². The average molecular weight is 247 g/mol. The van der Waals surface area contributed by atoms with Gasteiger partial charge in [-0.3, -0.25) is 4.79 Å². The number of hydrogen-bond acceptors (Lipinski definition) is 3. The normalized spacial score (nSPS) is 20.5. The maximum absolute atomic E-state index is 12.0. The van der Waals surface area contributed by atoms with Crippen LogP contribution in [0.2, 0.25) is 0 Å². The van der Waals surface area contributed by atoms with E-state index in [1.165, 1.54) is 0 Å². The Hall–Kier alpha value is -1.46. The summed E-state index contributed by atoms with van der Waals surface area (Å²) in [4.78, 5) is 17.9. The van der Waals surface area contributed by atoms with Crippen LogP contribution in [0.15, 0.2) is 29.3 Å². The Morgan fingerprint density at radius 1 is 1.53 bits per heavy atom. The Bertz CT molecular complexity index is 592. The first-order valence-electron chi connectivity index (χ1n) is 5.44. The first-order chi connectivity index (χ1) is 8.16. The van der Waals surface area contributed by atoms with Crippen molar-refractivity contribution in [2.24, 2.45) is 5.73 Å². The predicted molar refractivity (Wildman–Crippen MR) is 70.4 cm³/mol. The van der Waals surface area contributed by atoms with Crippen molar-refractivity contribution in [1.29, 1.82) is 0 Å². The number of hydrogen-bond donors (Lipinski definition) is 2. The largest absolute Gasteiger partial charge is 0.361 e. The second kappa shape index (κ2) is 3.78. The number of anilines is 1. The summed E-state index contributed by atoms with van der Waals surface area (Å²) in [6.07, 6.45) is 1.90. The van der Waals surface area contributed by atoms with E-state index in [-0.39, 0.29) is 5.91 Å². The van der Waals surface area contributed by atoms with Crippen molar-refractivity contribution in [1.82, 2.24) is 4.98 Å². The van der Waals surface area contributed by atoms with Gasteiger partial charge in [0.2, 0.25) is 5.91 Å². The van der Waals surface area contributed by atoms with Crippen LogP contribution in [0.5, 0.6) is 0 Å². The van der Waals surface area contributed by atoms with E-state index in [4.69, 9.17) is 5.73 Å². The predicted octanol–water partition coefficient (Wildman–Crippen LogP) is 1.56. The number of H-pyrrole nitrogens is 1. The molecule has 0 bridgehead atoms. The molecule has 2 heterocycles. The van der Waals surface area contributed by atoms with Gasteiger partial charge in [-0.15, -0.1) is 11.8 Å². The van der Waals surface area contributed by atoms with Crippen molar-refractivity contribution in [3.05, 3.63) is 24.4 Å². The second-order valence-corrected chi connectivity index (χ2v) is 5.26. The molecule has 3 N–H and O–H groups in total. The number of benzene rings is 1. The van der Waals surface area contributed by atoms with Gasteiger partial charge in [0.15, 0.2) is 0 Å². The quantitative estimate of drug-likeness (QED) is 0.742. The minimum Gasteiger partial charge on any atom is -0.361 e. The number of likely N-dealkylation sites (N-methyl/N-ethyl adjacent to an activating group) is 1. The molecule has 88 valence electrons. The summed E-state index contributed by atoms with van der Waals surface area (Å²) in [5.41, 5.74) is 7.86. The molecule has 0 radical (unpaired) electrons. The monoisotopic (exact) mass is 247 g/mol. The van der Waals surface area contributed by atoms with Gasteiger partial charge in [-0.2, -0.15) is 0 Å². The molecule has 17 heavy (non-hydrogen) atoms. The van der Waals surface area contributed by atoms with E-state index in [0.29, 0.717) is 5.75 Å². The molecule has 0 spiro atoms. The van der Waals surface area contributed by atoms with Crippen molar-refractivity contribution in [2.45, 2.75) is 10.9 Å². The molecule has 0 unspecified atom stereocenters. The van der Waals surface area contributed by atoms with Crippen molar-refractivity contribution in [3.8, 4) is 0 Å². The van der Waals surface area contributed by atoms with Crippen LogP contribution >= 0.6 is 11.8 Å². The number of aromatic amines is 1. The number of rotatable bonds is 0. The number of nitrogens with one attached hydrogen (secondary N) is 1. The molecule has 2 aromatic rings. The van der Waals surface area contributed by atoms with E-state index < -0.39 is 6.04 Å². The zero-order valence-corrected chi connectivity index (χ0v) is 10.3. The fourth-order valence-corrected chi connectivity index (χ4v) is 3.11. The van der Waals surface area contributed by atoms with Gasteiger partial charge >= 0.3 is 0 Å². The van der Waals surface area contributed by atoms with Gasteiger partial charge in [-0.25, -0.2) is 0 Å². The Balaban J connectivity index is 2.20. The first kappa shape index (κ1) is 10.7. The zero-order chi connectivity index (χ0) is 12.0. The Labute approximate surface area is 103 Å².